The normalized spacial score (nSPS) is 16.7. The van der Waals surface area contributed by atoms with Gasteiger partial charge in [0.05, 0.1) is 22.7 Å². The van der Waals surface area contributed by atoms with Gasteiger partial charge in [-0.25, -0.2) is 17.7 Å². The predicted molar refractivity (Wildman–Crippen MR) is 115 cm³/mol. The number of amides is 1. The molecule has 1 aromatic carbocycles. The van der Waals surface area contributed by atoms with Crippen molar-refractivity contribution in [2.75, 3.05) is 32.1 Å². The van der Waals surface area contributed by atoms with E-state index < -0.39 is 10.0 Å². The lowest BCUT2D eigenvalue weighted by Gasteiger charge is -2.22. The topological polar surface area (TPSA) is 87.5 Å². The van der Waals surface area contributed by atoms with Gasteiger partial charge in [0.15, 0.2) is 0 Å². The second-order valence-corrected chi connectivity index (χ2v) is 10.3. The Morgan fingerprint density at radius 2 is 1.87 bits per heavy atom. The first-order chi connectivity index (χ1) is 14.4. The van der Waals surface area contributed by atoms with Crippen molar-refractivity contribution in [3.05, 3.63) is 41.5 Å². The summed E-state index contributed by atoms with van der Waals surface area (Å²) in [7, 11) is -0.643. The second kappa shape index (κ2) is 8.39. The van der Waals surface area contributed by atoms with Gasteiger partial charge in [-0.15, -0.1) is 0 Å². The van der Waals surface area contributed by atoms with Crippen LogP contribution in [0.1, 0.15) is 47.6 Å². The van der Waals surface area contributed by atoms with Gasteiger partial charge >= 0.3 is 0 Å². The van der Waals surface area contributed by atoms with Gasteiger partial charge in [0, 0.05) is 52.0 Å². The van der Waals surface area contributed by atoms with Crippen molar-refractivity contribution in [3.8, 4) is 0 Å². The number of aromatic nitrogens is 2. The third-order valence-corrected chi connectivity index (χ3v) is 7.64. The molecule has 0 aliphatic carbocycles. The molecule has 1 aromatic heterocycles. The van der Waals surface area contributed by atoms with E-state index in [0.717, 1.165) is 73.2 Å². The minimum absolute atomic E-state index is 0.123. The van der Waals surface area contributed by atoms with Crippen LogP contribution >= 0.6 is 0 Å². The molecule has 0 bridgehead atoms. The first-order valence-electron chi connectivity index (χ1n) is 10.5. The maximum atomic E-state index is 13.1. The number of nitrogens with zero attached hydrogens (tertiary/aromatic N) is 4. The number of aryl methyl sites for hydroxylation is 2. The number of anilines is 1. The summed E-state index contributed by atoms with van der Waals surface area (Å²) >= 11 is 0. The lowest BCUT2D eigenvalue weighted by molar-refractivity contribution is 0.0950. The highest BCUT2D eigenvalue weighted by atomic mass is 32.2. The summed E-state index contributed by atoms with van der Waals surface area (Å²) in [6, 6.07) is 4.84. The standard InChI is InChI=1S/C21H29N5O3S/c1-24(2)30(28,29)17-8-9-19(25-10-5-6-11-25)18(13-17)21(27)22-14-16-15-26-12-4-3-7-20(26)23-16/h8-9,13,15H,3-7,10-12,14H2,1-2H3,(H,22,27). The monoisotopic (exact) mass is 431 g/mol. The molecule has 9 heteroatoms. The quantitative estimate of drug-likeness (QED) is 0.756. The number of carbonyl (C=O) groups is 1. The molecule has 3 heterocycles. The predicted octanol–water partition coefficient (Wildman–Crippen LogP) is 2.00. The zero-order valence-electron chi connectivity index (χ0n) is 17.6. The van der Waals surface area contributed by atoms with Gasteiger partial charge in [-0.3, -0.25) is 4.79 Å². The lowest BCUT2D eigenvalue weighted by Crippen LogP contribution is -2.28. The maximum Gasteiger partial charge on any atom is 0.253 e. The Morgan fingerprint density at radius 3 is 2.57 bits per heavy atom. The van der Waals surface area contributed by atoms with Crippen molar-refractivity contribution < 1.29 is 13.2 Å². The fraction of sp³-hybridized carbons (Fsp3) is 0.524. The molecule has 0 unspecified atom stereocenters. The van der Waals surface area contributed by atoms with Crippen LogP contribution in [0, 0.1) is 0 Å². The average molecular weight is 432 g/mol. The Morgan fingerprint density at radius 1 is 1.13 bits per heavy atom. The first kappa shape index (κ1) is 20.9. The van der Waals surface area contributed by atoms with Crippen molar-refractivity contribution in [2.24, 2.45) is 0 Å². The van der Waals surface area contributed by atoms with Gasteiger partial charge in [-0.05, 0) is 43.9 Å². The third kappa shape index (κ3) is 4.09. The largest absolute Gasteiger partial charge is 0.371 e. The van der Waals surface area contributed by atoms with E-state index in [4.69, 9.17) is 0 Å². The number of benzene rings is 1. The molecule has 2 aliphatic heterocycles. The van der Waals surface area contributed by atoms with Crippen LogP contribution in [0.3, 0.4) is 0 Å². The fourth-order valence-electron chi connectivity index (χ4n) is 4.12. The maximum absolute atomic E-state index is 13.1. The van der Waals surface area contributed by atoms with Crippen molar-refractivity contribution in [1.82, 2.24) is 19.2 Å². The Labute approximate surface area is 177 Å². The Kier molecular flexibility index (Phi) is 5.84. The Hall–Kier alpha value is -2.39. The van der Waals surface area contributed by atoms with E-state index in [0.29, 0.717) is 12.1 Å². The summed E-state index contributed by atoms with van der Waals surface area (Å²) in [6.07, 6.45) is 7.41. The number of carbonyl (C=O) groups excluding carboxylic acids is 1. The molecule has 162 valence electrons. The van der Waals surface area contributed by atoms with Gasteiger partial charge in [-0.2, -0.15) is 0 Å². The van der Waals surface area contributed by atoms with Crippen LogP contribution < -0.4 is 10.2 Å². The number of nitrogens with one attached hydrogen (secondary N) is 1. The van der Waals surface area contributed by atoms with Gasteiger partial charge in [0.2, 0.25) is 10.0 Å². The molecule has 1 amide bonds. The van der Waals surface area contributed by atoms with Crippen LogP contribution in [-0.4, -0.2) is 55.4 Å². The number of hydrogen-bond donors (Lipinski definition) is 1. The number of fused-ring (bicyclic) bond motifs is 1. The van der Waals surface area contributed by atoms with Gasteiger partial charge in [-0.1, -0.05) is 0 Å². The zero-order chi connectivity index (χ0) is 21.3. The molecule has 0 radical (unpaired) electrons. The van der Waals surface area contributed by atoms with Crippen LogP contribution in [0.15, 0.2) is 29.3 Å². The van der Waals surface area contributed by atoms with Crippen LogP contribution in [0.5, 0.6) is 0 Å². The smallest absolute Gasteiger partial charge is 0.253 e. The van der Waals surface area contributed by atoms with E-state index in [2.05, 4.69) is 19.8 Å². The molecular formula is C21H29N5O3S. The molecule has 2 aliphatic rings. The molecule has 0 saturated carbocycles. The summed E-state index contributed by atoms with van der Waals surface area (Å²) < 4.78 is 28.5. The summed E-state index contributed by atoms with van der Waals surface area (Å²) in [5.74, 6) is 0.793. The highest BCUT2D eigenvalue weighted by Crippen LogP contribution is 2.28. The van der Waals surface area contributed by atoms with Crippen molar-refractivity contribution >= 4 is 21.6 Å². The summed E-state index contributed by atoms with van der Waals surface area (Å²) in [6.45, 7) is 3.03. The van der Waals surface area contributed by atoms with E-state index in [1.165, 1.54) is 20.2 Å². The molecule has 4 rings (SSSR count). The molecule has 2 aromatic rings. The third-order valence-electron chi connectivity index (χ3n) is 5.83. The minimum Gasteiger partial charge on any atom is -0.371 e. The van der Waals surface area contributed by atoms with Crippen molar-refractivity contribution in [3.63, 3.8) is 0 Å². The number of imidazole rings is 1. The van der Waals surface area contributed by atoms with E-state index in [9.17, 15) is 13.2 Å². The minimum atomic E-state index is -3.62. The van der Waals surface area contributed by atoms with Gasteiger partial charge in [0.25, 0.3) is 5.91 Å². The van der Waals surface area contributed by atoms with Crippen molar-refractivity contribution in [2.45, 2.75) is 50.1 Å². The average Bonchev–Trinajstić information content (AvgIpc) is 3.41. The number of hydrogen-bond acceptors (Lipinski definition) is 5. The highest BCUT2D eigenvalue weighted by Gasteiger charge is 2.24. The number of sulfonamides is 1. The summed E-state index contributed by atoms with van der Waals surface area (Å²) in [5.41, 5.74) is 2.01. The van der Waals surface area contributed by atoms with Crippen LogP contribution in [0.2, 0.25) is 0 Å². The van der Waals surface area contributed by atoms with E-state index in [1.807, 2.05) is 6.20 Å². The Bertz CT molecular complexity index is 1020. The zero-order valence-corrected chi connectivity index (χ0v) is 18.4. The van der Waals surface area contributed by atoms with Crippen LogP contribution in [-0.2, 0) is 29.5 Å². The SMILES string of the molecule is CN(C)S(=O)(=O)c1ccc(N2CCCC2)c(C(=O)NCc2cn3c(n2)CCCC3)c1. The van der Waals surface area contributed by atoms with E-state index in [1.54, 1.807) is 12.1 Å². The number of rotatable bonds is 6. The molecule has 8 nitrogen and oxygen atoms in total. The summed E-state index contributed by atoms with van der Waals surface area (Å²) in [4.78, 5) is 20.0. The molecule has 1 N–H and O–H groups in total. The second-order valence-electron chi connectivity index (χ2n) is 8.14. The molecule has 0 spiro atoms. The van der Waals surface area contributed by atoms with Crippen molar-refractivity contribution in [1.29, 1.82) is 0 Å². The van der Waals surface area contributed by atoms with E-state index >= 15 is 0 Å². The first-order valence-corrected chi connectivity index (χ1v) is 11.9. The van der Waals surface area contributed by atoms with Gasteiger partial charge in [0.1, 0.15) is 5.82 Å². The van der Waals surface area contributed by atoms with Crippen LogP contribution in [0.25, 0.3) is 0 Å². The lowest BCUT2D eigenvalue weighted by atomic mass is 10.1. The molecule has 1 fully saturated rings. The highest BCUT2D eigenvalue weighted by molar-refractivity contribution is 7.89. The molecule has 30 heavy (non-hydrogen) atoms. The van der Waals surface area contributed by atoms with Crippen LogP contribution in [0.4, 0.5) is 5.69 Å². The van der Waals surface area contributed by atoms with E-state index in [-0.39, 0.29) is 10.8 Å². The summed E-state index contributed by atoms with van der Waals surface area (Å²) in [5, 5.41) is 2.95. The molecule has 0 atom stereocenters. The van der Waals surface area contributed by atoms with Gasteiger partial charge < -0.3 is 14.8 Å². The Balaban J connectivity index is 1.59. The molecule has 1 saturated heterocycles. The molecular weight excluding hydrogens is 402 g/mol. The fourth-order valence-corrected chi connectivity index (χ4v) is 5.05.